The number of aryl methyl sites for hydroxylation is 1. The molecule has 1 heterocycles. The quantitative estimate of drug-likeness (QED) is 0.643. The highest BCUT2D eigenvalue weighted by atomic mass is 32.2. The van der Waals surface area contributed by atoms with Crippen molar-refractivity contribution in [3.63, 3.8) is 0 Å². The van der Waals surface area contributed by atoms with E-state index in [9.17, 15) is 13.2 Å². The zero-order valence-corrected chi connectivity index (χ0v) is 8.77. The van der Waals surface area contributed by atoms with Crippen LogP contribution in [0.25, 0.3) is 0 Å². The third kappa shape index (κ3) is 3.67. The maximum absolute atomic E-state index is 12.3. The predicted octanol–water partition coefficient (Wildman–Crippen LogP) is 1.77. The lowest BCUT2D eigenvalue weighted by Gasteiger charge is -2.16. The number of hydrogen-bond donors (Lipinski definition) is 1. The van der Waals surface area contributed by atoms with Gasteiger partial charge < -0.3 is 5.73 Å². The van der Waals surface area contributed by atoms with Gasteiger partial charge in [0.1, 0.15) is 5.25 Å². The van der Waals surface area contributed by atoms with E-state index in [4.69, 9.17) is 5.73 Å². The van der Waals surface area contributed by atoms with Crippen LogP contribution in [0.15, 0.2) is 17.6 Å². The van der Waals surface area contributed by atoms with Crippen molar-refractivity contribution >= 4 is 11.8 Å². The van der Waals surface area contributed by atoms with E-state index in [-0.39, 0.29) is 5.16 Å². The zero-order chi connectivity index (χ0) is 11.5. The van der Waals surface area contributed by atoms with Gasteiger partial charge in [0, 0.05) is 18.9 Å². The van der Waals surface area contributed by atoms with Gasteiger partial charge in [-0.15, -0.1) is 0 Å². The second-order valence-corrected chi connectivity index (χ2v) is 4.10. The first-order valence-corrected chi connectivity index (χ1v) is 5.03. The normalized spacial score (nSPS) is 13.9. The minimum absolute atomic E-state index is 0.0911. The Kier molecular flexibility index (Phi) is 3.92. The number of halogens is 3. The average Bonchev–Trinajstić information content (AvgIpc) is 2.15. The third-order valence-corrected chi connectivity index (χ3v) is 2.75. The zero-order valence-electron chi connectivity index (χ0n) is 7.95. The minimum Gasteiger partial charge on any atom is -0.329 e. The summed E-state index contributed by atoms with van der Waals surface area (Å²) in [6.07, 6.45) is -1.38. The van der Waals surface area contributed by atoms with Gasteiger partial charge in [0.05, 0.1) is 0 Å². The molecule has 0 aromatic carbocycles. The molecule has 0 radical (unpaired) electrons. The lowest BCUT2D eigenvalue weighted by Crippen LogP contribution is -2.33. The molecule has 3 nitrogen and oxygen atoms in total. The van der Waals surface area contributed by atoms with E-state index < -0.39 is 18.0 Å². The first-order chi connectivity index (χ1) is 6.93. The molecule has 0 fully saturated rings. The van der Waals surface area contributed by atoms with Crippen molar-refractivity contribution in [1.29, 1.82) is 0 Å². The smallest absolute Gasteiger partial charge is 0.329 e. The second kappa shape index (κ2) is 4.80. The Hall–Kier alpha value is -0.820. The summed E-state index contributed by atoms with van der Waals surface area (Å²) in [7, 11) is 0. The van der Waals surface area contributed by atoms with E-state index in [1.54, 1.807) is 6.92 Å². The van der Waals surface area contributed by atoms with Crippen LogP contribution < -0.4 is 5.73 Å². The molecule has 0 spiro atoms. The number of rotatable bonds is 3. The second-order valence-electron chi connectivity index (χ2n) is 2.93. The first kappa shape index (κ1) is 12.3. The summed E-state index contributed by atoms with van der Waals surface area (Å²) in [6.45, 7) is 1.28. The van der Waals surface area contributed by atoms with E-state index in [0.717, 1.165) is 5.56 Å². The maximum atomic E-state index is 12.3. The molecule has 1 unspecified atom stereocenters. The Bertz CT molecular complexity index is 312. The summed E-state index contributed by atoms with van der Waals surface area (Å²) in [4.78, 5) is 7.55. The van der Waals surface area contributed by atoms with Crippen LogP contribution in [0, 0.1) is 6.92 Å². The summed E-state index contributed by atoms with van der Waals surface area (Å²) in [5.41, 5.74) is 5.84. The van der Waals surface area contributed by atoms with Crippen LogP contribution >= 0.6 is 11.8 Å². The SMILES string of the molecule is Cc1cnc(SC(CN)C(F)(F)F)nc1. The number of nitrogens with two attached hydrogens (primary N) is 1. The number of alkyl halides is 3. The van der Waals surface area contributed by atoms with Gasteiger partial charge in [0.25, 0.3) is 0 Å². The molecule has 84 valence electrons. The molecule has 7 heteroatoms. The summed E-state index contributed by atoms with van der Waals surface area (Å²) >= 11 is 0.532. The largest absolute Gasteiger partial charge is 0.402 e. The van der Waals surface area contributed by atoms with Crippen molar-refractivity contribution in [2.45, 2.75) is 23.5 Å². The van der Waals surface area contributed by atoms with Gasteiger partial charge in [0.2, 0.25) is 0 Å². The Labute approximate surface area is 89.3 Å². The maximum Gasteiger partial charge on any atom is 0.402 e. The lowest BCUT2D eigenvalue weighted by atomic mass is 10.4. The van der Waals surface area contributed by atoms with Crippen molar-refractivity contribution in [3.05, 3.63) is 18.0 Å². The molecule has 0 aliphatic heterocycles. The highest BCUT2D eigenvalue weighted by Gasteiger charge is 2.39. The standard InChI is InChI=1S/C8H10F3N3S/c1-5-3-13-7(14-4-5)15-6(2-12)8(9,10)11/h3-4,6H,2,12H2,1H3. The molecule has 1 rings (SSSR count). The Morgan fingerprint density at radius 2 is 1.93 bits per heavy atom. The van der Waals surface area contributed by atoms with Crippen LogP contribution in [0.5, 0.6) is 0 Å². The van der Waals surface area contributed by atoms with Gasteiger partial charge in [-0.2, -0.15) is 13.2 Å². The number of aromatic nitrogens is 2. The van der Waals surface area contributed by atoms with E-state index in [1.807, 2.05) is 0 Å². The number of nitrogens with zero attached hydrogens (tertiary/aromatic N) is 2. The number of thioether (sulfide) groups is 1. The molecular weight excluding hydrogens is 227 g/mol. The van der Waals surface area contributed by atoms with Gasteiger partial charge in [-0.25, -0.2) is 9.97 Å². The Morgan fingerprint density at radius 1 is 1.40 bits per heavy atom. The highest BCUT2D eigenvalue weighted by molar-refractivity contribution is 7.99. The van der Waals surface area contributed by atoms with Gasteiger partial charge in [0.15, 0.2) is 5.16 Å². The van der Waals surface area contributed by atoms with Crippen molar-refractivity contribution in [3.8, 4) is 0 Å². The van der Waals surface area contributed by atoms with E-state index in [1.165, 1.54) is 12.4 Å². The summed E-state index contributed by atoms with van der Waals surface area (Å²) in [5.74, 6) is 0. The van der Waals surface area contributed by atoms with Crippen molar-refractivity contribution in [1.82, 2.24) is 9.97 Å². The fraction of sp³-hybridized carbons (Fsp3) is 0.500. The third-order valence-electron chi connectivity index (χ3n) is 1.58. The molecule has 1 aromatic rings. The van der Waals surface area contributed by atoms with Crippen LogP contribution in [-0.4, -0.2) is 27.9 Å². The van der Waals surface area contributed by atoms with Crippen molar-refractivity contribution < 1.29 is 13.2 Å². The topological polar surface area (TPSA) is 51.8 Å². The molecule has 0 amide bonds. The summed E-state index contributed by atoms with van der Waals surface area (Å²) in [5, 5.41) is -1.56. The van der Waals surface area contributed by atoms with Crippen molar-refractivity contribution in [2.24, 2.45) is 5.73 Å². The van der Waals surface area contributed by atoms with E-state index >= 15 is 0 Å². The first-order valence-electron chi connectivity index (χ1n) is 4.15. The molecule has 1 aromatic heterocycles. The highest BCUT2D eigenvalue weighted by Crippen LogP contribution is 2.32. The van der Waals surface area contributed by atoms with Gasteiger partial charge in [-0.05, 0) is 12.5 Å². The van der Waals surface area contributed by atoms with Crippen LogP contribution in [0.1, 0.15) is 5.56 Å². The number of hydrogen-bond acceptors (Lipinski definition) is 4. The molecule has 0 aliphatic carbocycles. The minimum atomic E-state index is -4.33. The molecule has 15 heavy (non-hydrogen) atoms. The Balaban J connectivity index is 2.71. The van der Waals surface area contributed by atoms with Crippen LogP contribution in [0.2, 0.25) is 0 Å². The average molecular weight is 237 g/mol. The molecule has 0 saturated carbocycles. The predicted molar refractivity (Wildman–Crippen MR) is 51.5 cm³/mol. The molecule has 1 atom stereocenters. The van der Waals surface area contributed by atoms with Gasteiger partial charge in [-0.3, -0.25) is 0 Å². The molecule has 0 aliphatic rings. The lowest BCUT2D eigenvalue weighted by molar-refractivity contribution is -0.126. The molecule has 0 saturated heterocycles. The molecule has 2 N–H and O–H groups in total. The van der Waals surface area contributed by atoms with E-state index in [2.05, 4.69) is 9.97 Å². The van der Waals surface area contributed by atoms with E-state index in [0.29, 0.717) is 11.8 Å². The molecular formula is C8H10F3N3S. The summed E-state index contributed by atoms with van der Waals surface area (Å²) in [6, 6.07) is 0. The van der Waals surface area contributed by atoms with Gasteiger partial charge >= 0.3 is 6.18 Å². The van der Waals surface area contributed by atoms with Crippen LogP contribution in [0.3, 0.4) is 0 Å². The van der Waals surface area contributed by atoms with Crippen LogP contribution in [0.4, 0.5) is 13.2 Å². The Morgan fingerprint density at radius 3 is 2.33 bits per heavy atom. The monoisotopic (exact) mass is 237 g/mol. The fourth-order valence-corrected chi connectivity index (χ4v) is 1.53. The summed E-state index contributed by atoms with van der Waals surface area (Å²) < 4.78 is 37.0. The fourth-order valence-electron chi connectivity index (χ4n) is 0.817. The van der Waals surface area contributed by atoms with Crippen molar-refractivity contribution in [2.75, 3.05) is 6.54 Å². The molecule has 0 bridgehead atoms. The van der Waals surface area contributed by atoms with Crippen LogP contribution in [-0.2, 0) is 0 Å². The van der Waals surface area contributed by atoms with Gasteiger partial charge in [-0.1, -0.05) is 11.8 Å².